The maximum atomic E-state index is 12.4. The van der Waals surface area contributed by atoms with E-state index >= 15 is 0 Å². The fourth-order valence-electron chi connectivity index (χ4n) is 2.76. The van der Waals surface area contributed by atoms with Gasteiger partial charge in [0.25, 0.3) is 0 Å². The molecule has 152 valence electrons. The first-order valence-electron chi connectivity index (χ1n) is 8.52. The first kappa shape index (κ1) is 21.4. The summed E-state index contributed by atoms with van der Waals surface area (Å²) in [5.74, 6) is -2.30. The molecular formula is C18H21ClN2O7. The van der Waals surface area contributed by atoms with Crippen molar-refractivity contribution in [3.8, 4) is 11.5 Å². The first-order chi connectivity index (χ1) is 13.3. The second kappa shape index (κ2) is 9.32. The number of benzene rings is 1. The highest BCUT2D eigenvalue weighted by molar-refractivity contribution is 6.31. The Bertz CT molecular complexity index is 796. The van der Waals surface area contributed by atoms with Gasteiger partial charge in [-0.1, -0.05) is 18.2 Å². The van der Waals surface area contributed by atoms with Gasteiger partial charge in [0, 0.05) is 16.8 Å². The van der Waals surface area contributed by atoms with Gasteiger partial charge >= 0.3 is 18.0 Å². The Morgan fingerprint density at radius 1 is 1.21 bits per heavy atom. The summed E-state index contributed by atoms with van der Waals surface area (Å²) in [6.07, 6.45) is 0. The molecule has 1 fully saturated rings. The summed E-state index contributed by atoms with van der Waals surface area (Å²) >= 11 is 6.36. The van der Waals surface area contributed by atoms with Gasteiger partial charge in [0.2, 0.25) is 0 Å². The van der Waals surface area contributed by atoms with E-state index in [0.717, 1.165) is 0 Å². The van der Waals surface area contributed by atoms with Crippen molar-refractivity contribution in [2.75, 3.05) is 19.8 Å². The molecule has 1 aliphatic heterocycles. The van der Waals surface area contributed by atoms with Crippen LogP contribution in [0.5, 0.6) is 11.5 Å². The molecule has 1 aromatic carbocycles. The number of hydrogen-bond acceptors (Lipinski definition) is 6. The Balaban J connectivity index is 2.48. The SMILES string of the molecule is C=C1NC(=O)NC(c2cc(OCC)c(OCC(=O)O)cc2Cl)C1C(=O)OCC. The third-order valence-corrected chi connectivity index (χ3v) is 4.19. The average Bonchev–Trinajstić information content (AvgIpc) is 2.61. The Morgan fingerprint density at radius 3 is 2.50 bits per heavy atom. The normalized spacial score (nSPS) is 18.7. The van der Waals surface area contributed by atoms with Gasteiger partial charge in [-0.15, -0.1) is 0 Å². The number of urea groups is 1. The minimum Gasteiger partial charge on any atom is -0.490 e. The smallest absolute Gasteiger partial charge is 0.341 e. The molecule has 2 rings (SSSR count). The second-order valence-corrected chi connectivity index (χ2v) is 6.17. The van der Waals surface area contributed by atoms with Crippen LogP contribution in [-0.2, 0) is 14.3 Å². The summed E-state index contributed by atoms with van der Waals surface area (Å²) < 4.78 is 15.8. The lowest BCUT2D eigenvalue weighted by Gasteiger charge is -2.33. The van der Waals surface area contributed by atoms with Crippen LogP contribution in [0.2, 0.25) is 5.02 Å². The third kappa shape index (κ3) is 4.86. The molecule has 1 aromatic rings. The van der Waals surface area contributed by atoms with E-state index in [0.29, 0.717) is 5.56 Å². The van der Waals surface area contributed by atoms with Crippen molar-refractivity contribution in [1.29, 1.82) is 0 Å². The molecule has 1 heterocycles. The predicted octanol–water partition coefficient (Wildman–Crippen LogP) is 2.25. The van der Waals surface area contributed by atoms with E-state index in [1.165, 1.54) is 12.1 Å². The van der Waals surface area contributed by atoms with Crippen LogP contribution < -0.4 is 20.1 Å². The minimum atomic E-state index is -1.16. The number of carbonyl (C=O) groups excluding carboxylic acids is 2. The van der Waals surface area contributed by atoms with Crippen LogP contribution in [0, 0.1) is 5.92 Å². The van der Waals surface area contributed by atoms with E-state index in [9.17, 15) is 14.4 Å². The number of carbonyl (C=O) groups is 3. The summed E-state index contributed by atoms with van der Waals surface area (Å²) in [7, 11) is 0. The molecule has 1 saturated heterocycles. The van der Waals surface area contributed by atoms with Crippen LogP contribution in [0.1, 0.15) is 25.5 Å². The van der Waals surface area contributed by atoms with Gasteiger partial charge in [0.15, 0.2) is 18.1 Å². The molecule has 0 saturated carbocycles. The van der Waals surface area contributed by atoms with Crippen molar-refractivity contribution in [2.45, 2.75) is 19.9 Å². The quantitative estimate of drug-likeness (QED) is 0.559. The zero-order chi connectivity index (χ0) is 20.8. The number of amides is 2. The molecule has 10 heteroatoms. The number of hydrogen-bond donors (Lipinski definition) is 3. The van der Waals surface area contributed by atoms with Gasteiger partial charge in [-0.05, 0) is 25.5 Å². The van der Waals surface area contributed by atoms with Crippen LogP contribution in [0.15, 0.2) is 24.4 Å². The molecule has 2 atom stereocenters. The molecule has 0 spiro atoms. The summed E-state index contributed by atoms with van der Waals surface area (Å²) in [6, 6.07) is 1.47. The standard InChI is InChI=1S/C18H21ClN2O7/c1-4-26-12-6-10(11(19)7-13(12)28-8-14(22)23)16-15(17(24)27-5-2)9(3)20-18(25)21-16/h6-7,15-16H,3-5,8H2,1-2H3,(H,22,23)(H2,20,21,25). The van der Waals surface area contributed by atoms with E-state index in [4.69, 9.17) is 30.9 Å². The Morgan fingerprint density at radius 2 is 1.89 bits per heavy atom. The van der Waals surface area contributed by atoms with E-state index in [1.54, 1.807) is 13.8 Å². The number of halogens is 1. The topological polar surface area (TPSA) is 123 Å². The third-order valence-electron chi connectivity index (χ3n) is 3.86. The maximum absolute atomic E-state index is 12.4. The summed E-state index contributed by atoms with van der Waals surface area (Å²) in [5, 5.41) is 14.1. The van der Waals surface area contributed by atoms with Gasteiger partial charge in [0.05, 0.1) is 19.3 Å². The minimum absolute atomic E-state index is 0.129. The number of rotatable bonds is 8. The van der Waals surface area contributed by atoms with Crippen molar-refractivity contribution >= 4 is 29.6 Å². The highest BCUT2D eigenvalue weighted by atomic mass is 35.5. The molecule has 0 bridgehead atoms. The molecule has 2 unspecified atom stereocenters. The van der Waals surface area contributed by atoms with Gasteiger partial charge in [-0.2, -0.15) is 0 Å². The molecule has 28 heavy (non-hydrogen) atoms. The molecule has 0 aliphatic carbocycles. The van der Waals surface area contributed by atoms with Crippen LogP contribution in [0.25, 0.3) is 0 Å². The van der Waals surface area contributed by atoms with E-state index in [1.807, 2.05) is 0 Å². The van der Waals surface area contributed by atoms with Crippen LogP contribution in [0.4, 0.5) is 4.79 Å². The number of esters is 1. The van der Waals surface area contributed by atoms with Gasteiger partial charge in [0.1, 0.15) is 5.92 Å². The summed E-state index contributed by atoms with van der Waals surface area (Å²) in [6.45, 7) is 7.00. The number of carboxylic acid groups (broad SMARTS) is 1. The van der Waals surface area contributed by atoms with Crippen molar-refractivity contribution in [1.82, 2.24) is 10.6 Å². The zero-order valence-electron chi connectivity index (χ0n) is 15.4. The van der Waals surface area contributed by atoms with Crippen molar-refractivity contribution in [3.63, 3.8) is 0 Å². The molecular weight excluding hydrogens is 392 g/mol. The Hall–Kier alpha value is -2.94. The fraction of sp³-hybridized carbons (Fsp3) is 0.389. The Labute approximate surface area is 166 Å². The van der Waals surface area contributed by atoms with Gasteiger partial charge in [-0.3, -0.25) is 4.79 Å². The van der Waals surface area contributed by atoms with Crippen molar-refractivity contribution in [3.05, 3.63) is 35.0 Å². The van der Waals surface area contributed by atoms with Gasteiger partial charge < -0.3 is 30.0 Å². The maximum Gasteiger partial charge on any atom is 0.341 e. The summed E-state index contributed by atoms with van der Waals surface area (Å²) in [5.41, 5.74) is 0.550. The van der Waals surface area contributed by atoms with Crippen molar-refractivity contribution < 1.29 is 33.7 Å². The molecule has 0 radical (unpaired) electrons. The molecule has 9 nitrogen and oxygen atoms in total. The lowest BCUT2D eigenvalue weighted by Crippen LogP contribution is -2.51. The second-order valence-electron chi connectivity index (χ2n) is 5.77. The Kier molecular flexibility index (Phi) is 7.11. The molecule has 2 amide bonds. The van der Waals surface area contributed by atoms with Gasteiger partial charge in [-0.25, -0.2) is 9.59 Å². The molecule has 0 aromatic heterocycles. The van der Waals surface area contributed by atoms with Crippen LogP contribution in [0.3, 0.4) is 0 Å². The fourth-order valence-corrected chi connectivity index (χ4v) is 3.03. The molecule has 3 N–H and O–H groups in total. The average molecular weight is 413 g/mol. The number of aliphatic carboxylic acids is 1. The monoisotopic (exact) mass is 412 g/mol. The lowest BCUT2D eigenvalue weighted by molar-refractivity contribution is -0.148. The number of ether oxygens (including phenoxy) is 3. The van der Waals surface area contributed by atoms with E-state index in [2.05, 4.69) is 17.2 Å². The molecule has 1 aliphatic rings. The lowest BCUT2D eigenvalue weighted by atomic mass is 9.88. The van der Waals surface area contributed by atoms with Crippen molar-refractivity contribution in [2.24, 2.45) is 5.92 Å². The van der Waals surface area contributed by atoms with E-state index < -0.39 is 36.5 Å². The number of carboxylic acids is 1. The first-order valence-corrected chi connectivity index (χ1v) is 8.90. The van der Waals surface area contributed by atoms with Crippen LogP contribution >= 0.6 is 11.6 Å². The highest BCUT2D eigenvalue weighted by Gasteiger charge is 2.40. The predicted molar refractivity (Wildman–Crippen MR) is 99.4 cm³/mol. The largest absolute Gasteiger partial charge is 0.490 e. The van der Waals surface area contributed by atoms with Crippen LogP contribution in [-0.4, -0.2) is 42.9 Å². The van der Waals surface area contributed by atoms with E-state index in [-0.39, 0.29) is 35.4 Å². The number of nitrogens with one attached hydrogen (secondary N) is 2. The summed E-state index contributed by atoms with van der Waals surface area (Å²) in [4.78, 5) is 35.2. The highest BCUT2D eigenvalue weighted by Crippen LogP contribution is 2.40. The zero-order valence-corrected chi connectivity index (χ0v) is 16.2.